The van der Waals surface area contributed by atoms with Gasteiger partial charge in [0.15, 0.2) is 0 Å². The quantitative estimate of drug-likeness (QED) is 0.509. The summed E-state index contributed by atoms with van der Waals surface area (Å²) in [5.74, 6) is -0.599. The van der Waals surface area contributed by atoms with Crippen molar-refractivity contribution in [2.45, 2.75) is 46.6 Å². The van der Waals surface area contributed by atoms with Crippen LogP contribution in [-0.2, 0) is 19.1 Å². The topological polar surface area (TPSA) is 55.8 Å². The third kappa shape index (κ3) is 14.8. The molecule has 0 aliphatic carbocycles. The van der Waals surface area contributed by atoms with Crippen LogP contribution in [0.1, 0.15) is 40.5 Å². The molecule has 0 N–H and O–H groups in total. The van der Waals surface area contributed by atoms with E-state index >= 15 is 0 Å². The van der Waals surface area contributed by atoms with E-state index in [0.717, 1.165) is 19.4 Å². The molecule has 0 saturated heterocycles. The third-order valence-electron chi connectivity index (χ3n) is 2.47. The minimum Gasteiger partial charge on any atom is -0.461 e. The van der Waals surface area contributed by atoms with Crippen LogP contribution >= 0.6 is 0 Å². The van der Waals surface area contributed by atoms with Gasteiger partial charge in [0.05, 0.1) is 6.10 Å². The molecule has 128 valence electrons. The summed E-state index contributed by atoms with van der Waals surface area (Å²) in [5.41, 5.74) is 0.914. The number of hydrogen-bond donors (Lipinski definition) is 0. The molecule has 0 aromatic rings. The van der Waals surface area contributed by atoms with Gasteiger partial charge in [-0.3, -0.25) is 0 Å². The molecule has 0 aliphatic heterocycles. The second kappa shape index (κ2) is 13.1. The SMILES string of the molecule is C=C(C)C(=O)OC(C)CCC.C=C(C)C(=O)OCCN(C)C. The summed E-state index contributed by atoms with van der Waals surface area (Å²) in [7, 11) is 3.85. The molecule has 0 fully saturated rings. The van der Waals surface area contributed by atoms with Crippen LogP contribution in [-0.4, -0.2) is 50.2 Å². The normalized spacial score (nSPS) is 11.0. The first kappa shape index (κ1) is 22.7. The summed E-state index contributed by atoms with van der Waals surface area (Å²) in [5, 5.41) is 0. The van der Waals surface area contributed by atoms with Crippen molar-refractivity contribution in [2.24, 2.45) is 0 Å². The molecule has 0 amide bonds. The number of nitrogens with zero attached hydrogens (tertiary/aromatic N) is 1. The van der Waals surface area contributed by atoms with Crippen LogP contribution in [0.2, 0.25) is 0 Å². The Kier molecular flexibility index (Phi) is 13.5. The molecule has 0 heterocycles. The fourth-order valence-corrected chi connectivity index (χ4v) is 1.19. The van der Waals surface area contributed by atoms with Crippen molar-refractivity contribution >= 4 is 11.9 Å². The van der Waals surface area contributed by atoms with Crippen LogP contribution in [0, 0.1) is 0 Å². The highest BCUT2D eigenvalue weighted by Crippen LogP contribution is 2.03. The van der Waals surface area contributed by atoms with Gasteiger partial charge in [0.2, 0.25) is 0 Å². The first-order chi connectivity index (χ1) is 10.1. The van der Waals surface area contributed by atoms with Crippen LogP contribution in [0.4, 0.5) is 0 Å². The average Bonchev–Trinajstić information content (AvgIpc) is 2.38. The van der Waals surface area contributed by atoms with E-state index in [2.05, 4.69) is 20.1 Å². The van der Waals surface area contributed by atoms with E-state index in [-0.39, 0.29) is 18.0 Å². The summed E-state index contributed by atoms with van der Waals surface area (Å²) in [6.07, 6.45) is 1.97. The lowest BCUT2D eigenvalue weighted by Gasteiger charge is -2.11. The van der Waals surface area contributed by atoms with Gasteiger partial charge >= 0.3 is 11.9 Å². The van der Waals surface area contributed by atoms with E-state index in [0.29, 0.717) is 17.8 Å². The molecule has 0 spiro atoms. The van der Waals surface area contributed by atoms with Gasteiger partial charge in [0.1, 0.15) is 6.61 Å². The predicted octanol–water partition coefficient (Wildman–Crippen LogP) is 2.96. The summed E-state index contributed by atoms with van der Waals surface area (Å²) < 4.78 is 9.85. The highest BCUT2D eigenvalue weighted by Gasteiger charge is 2.07. The van der Waals surface area contributed by atoms with Crippen molar-refractivity contribution in [1.82, 2.24) is 4.90 Å². The lowest BCUT2D eigenvalue weighted by atomic mass is 10.2. The second-order valence-corrected chi connectivity index (χ2v) is 5.50. The molecule has 1 unspecified atom stereocenters. The number of carbonyl (C=O) groups is 2. The Bertz CT molecular complexity index is 375. The summed E-state index contributed by atoms with van der Waals surface area (Å²) in [4.78, 5) is 23.6. The zero-order valence-corrected chi connectivity index (χ0v) is 14.9. The Morgan fingerprint density at radius 2 is 1.59 bits per heavy atom. The van der Waals surface area contributed by atoms with Crippen LogP contribution in [0.3, 0.4) is 0 Å². The second-order valence-electron chi connectivity index (χ2n) is 5.50. The molecular formula is C17H31NO4. The van der Waals surface area contributed by atoms with Crippen LogP contribution in [0.15, 0.2) is 24.3 Å². The van der Waals surface area contributed by atoms with Crippen molar-refractivity contribution in [3.05, 3.63) is 24.3 Å². The van der Waals surface area contributed by atoms with Crippen molar-refractivity contribution in [2.75, 3.05) is 27.2 Å². The number of hydrogen-bond acceptors (Lipinski definition) is 5. The lowest BCUT2D eigenvalue weighted by molar-refractivity contribution is -0.143. The number of likely N-dealkylation sites (N-methyl/N-ethyl adjacent to an activating group) is 1. The smallest absolute Gasteiger partial charge is 0.333 e. The van der Waals surface area contributed by atoms with Gasteiger partial charge in [0, 0.05) is 17.7 Å². The van der Waals surface area contributed by atoms with E-state index < -0.39 is 0 Å². The number of esters is 2. The van der Waals surface area contributed by atoms with E-state index in [1.807, 2.05) is 25.9 Å². The van der Waals surface area contributed by atoms with Crippen molar-refractivity contribution < 1.29 is 19.1 Å². The molecule has 0 aromatic carbocycles. The average molecular weight is 313 g/mol. The molecule has 0 bridgehead atoms. The van der Waals surface area contributed by atoms with Gasteiger partial charge in [-0.25, -0.2) is 9.59 Å². The molecular weight excluding hydrogens is 282 g/mol. The van der Waals surface area contributed by atoms with E-state index in [4.69, 9.17) is 9.47 Å². The number of carbonyl (C=O) groups excluding carboxylic acids is 2. The van der Waals surface area contributed by atoms with Gasteiger partial charge in [-0.05, 0) is 41.3 Å². The standard InChI is InChI=1S/C9H16O2.C8H15NO2/c1-5-6-8(4)11-9(10)7(2)3;1-7(2)8(10)11-6-5-9(3)4/h8H,2,5-6H2,1,3-4H3;1,5-6H2,2-4H3. The Balaban J connectivity index is 0. The highest BCUT2D eigenvalue weighted by atomic mass is 16.5. The van der Waals surface area contributed by atoms with Crippen molar-refractivity contribution in [3.63, 3.8) is 0 Å². The van der Waals surface area contributed by atoms with Crippen molar-refractivity contribution in [1.29, 1.82) is 0 Å². The van der Waals surface area contributed by atoms with Gasteiger partial charge < -0.3 is 14.4 Å². The van der Waals surface area contributed by atoms with Crippen molar-refractivity contribution in [3.8, 4) is 0 Å². The fourth-order valence-electron chi connectivity index (χ4n) is 1.19. The van der Waals surface area contributed by atoms with Gasteiger partial charge in [-0.1, -0.05) is 26.5 Å². The summed E-state index contributed by atoms with van der Waals surface area (Å²) >= 11 is 0. The van der Waals surface area contributed by atoms with Crippen LogP contribution in [0.25, 0.3) is 0 Å². The van der Waals surface area contributed by atoms with E-state index in [1.54, 1.807) is 13.8 Å². The maximum atomic E-state index is 10.9. The minimum absolute atomic E-state index is 0.0178. The van der Waals surface area contributed by atoms with Gasteiger partial charge in [0.25, 0.3) is 0 Å². The monoisotopic (exact) mass is 313 g/mol. The zero-order valence-electron chi connectivity index (χ0n) is 14.9. The largest absolute Gasteiger partial charge is 0.461 e. The molecule has 5 heteroatoms. The molecule has 0 radical (unpaired) electrons. The Morgan fingerprint density at radius 3 is 1.95 bits per heavy atom. The summed E-state index contributed by atoms with van der Waals surface area (Å²) in [6, 6.07) is 0. The Labute approximate surface area is 135 Å². The molecule has 0 rings (SSSR count). The Hall–Kier alpha value is -1.62. The number of ether oxygens (including phenoxy) is 2. The zero-order chi connectivity index (χ0) is 17.7. The highest BCUT2D eigenvalue weighted by molar-refractivity contribution is 5.87. The predicted molar refractivity (Wildman–Crippen MR) is 89.6 cm³/mol. The minimum atomic E-state index is -0.313. The van der Waals surface area contributed by atoms with Crippen LogP contribution < -0.4 is 0 Å². The van der Waals surface area contributed by atoms with Gasteiger partial charge in [-0.2, -0.15) is 0 Å². The first-order valence-electron chi connectivity index (χ1n) is 7.45. The van der Waals surface area contributed by atoms with Crippen LogP contribution in [0.5, 0.6) is 0 Å². The first-order valence-corrected chi connectivity index (χ1v) is 7.45. The lowest BCUT2D eigenvalue weighted by Crippen LogP contribution is -2.20. The molecule has 1 atom stereocenters. The fraction of sp³-hybridized carbons (Fsp3) is 0.647. The molecule has 0 aliphatic rings. The van der Waals surface area contributed by atoms with E-state index in [9.17, 15) is 9.59 Å². The third-order valence-corrected chi connectivity index (χ3v) is 2.47. The maximum absolute atomic E-state index is 10.9. The summed E-state index contributed by atoms with van der Waals surface area (Å²) in [6.45, 7) is 15.4. The Morgan fingerprint density at radius 1 is 1.09 bits per heavy atom. The van der Waals surface area contributed by atoms with Gasteiger partial charge in [-0.15, -0.1) is 0 Å². The molecule has 5 nitrogen and oxygen atoms in total. The molecule has 0 saturated carbocycles. The maximum Gasteiger partial charge on any atom is 0.333 e. The molecule has 0 aromatic heterocycles. The van der Waals surface area contributed by atoms with E-state index in [1.165, 1.54) is 0 Å². The number of rotatable bonds is 8. The molecule has 22 heavy (non-hydrogen) atoms.